The number of rotatable bonds is 7. The number of carbonyl (C=O) groups is 2. The van der Waals surface area contributed by atoms with E-state index in [1.807, 2.05) is 19.1 Å². The number of halogens is 1. The number of nitrogens with one attached hydrogen (secondary N) is 2. The van der Waals surface area contributed by atoms with Crippen LogP contribution in [-0.4, -0.2) is 23.7 Å². The molecule has 0 saturated heterocycles. The summed E-state index contributed by atoms with van der Waals surface area (Å²) in [5.41, 5.74) is 0. The van der Waals surface area contributed by atoms with Crippen molar-refractivity contribution in [1.82, 2.24) is 10.6 Å². The lowest BCUT2D eigenvalue weighted by Gasteiger charge is -2.12. The number of urea groups is 1. The maximum absolute atomic E-state index is 11.5. The average molecular weight is 349 g/mol. The van der Waals surface area contributed by atoms with E-state index < -0.39 is 11.9 Å². The number of carboxylic acid groups (broad SMARTS) is 1. The summed E-state index contributed by atoms with van der Waals surface area (Å²) in [4.78, 5) is 23.5. The zero-order chi connectivity index (χ0) is 14.3. The first-order valence-electron chi connectivity index (χ1n) is 6.01. The molecule has 1 atom stereocenters. The molecule has 1 unspecified atom stereocenters. The lowest BCUT2D eigenvalue weighted by atomic mass is 10.0. The molecule has 1 aromatic rings. The Morgan fingerprint density at radius 3 is 2.68 bits per heavy atom. The summed E-state index contributed by atoms with van der Waals surface area (Å²) in [6.07, 6.45) is 1.34. The fourth-order valence-corrected chi connectivity index (χ4v) is 2.98. The second-order valence-electron chi connectivity index (χ2n) is 4.09. The van der Waals surface area contributed by atoms with Crippen LogP contribution in [0.25, 0.3) is 0 Å². The van der Waals surface area contributed by atoms with Gasteiger partial charge >= 0.3 is 12.0 Å². The van der Waals surface area contributed by atoms with Gasteiger partial charge in [0.05, 0.1) is 16.2 Å². The Bertz CT molecular complexity index is 436. The van der Waals surface area contributed by atoms with E-state index in [1.165, 1.54) is 0 Å². The Morgan fingerprint density at radius 2 is 2.16 bits per heavy atom. The van der Waals surface area contributed by atoms with Gasteiger partial charge in [0.2, 0.25) is 0 Å². The number of hydrogen-bond donors (Lipinski definition) is 3. The molecule has 1 rings (SSSR count). The SMILES string of the molecule is CCCC(CNC(=O)NCc1ccc(Br)s1)C(=O)O. The quantitative estimate of drug-likeness (QED) is 0.708. The molecule has 0 saturated carbocycles. The molecule has 19 heavy (non-hydrogen) atoms. The molecule has 0 fully saturated rings. The molecule has 0 aliphatic carbocycles. The smallest absolute Gasteiger partial charge is 0.315 e. The Hall–Kier alpha value is -1.08. The predicted octanol–water partition coefficient (Wildman–Crippen LogP) is 2.81. The number of aliphatic carboxylic acids is 1. The summed E-state index contributed by atoms with van der Waals surface area (Å²) in [7, 11) is 0. The van der Waals surface area contributed by atoms with Crippen LogP contribution in [0.2, 0.25) is 0 Å². The van der Waals surface area contributed by atoms with E-state index >= 15 is 0 Å². The van der Waals surface area contributed by atoms with E-state index in [-0.39, 0.29) is 12.6 Å². The summed E-state index contributed by atoms with van der Waals surface area (Å²) < 4.78 is 1.01. The second-order valence-corrected chi connectivity index (χ2v) is 6.64. The highest BCUT2D eigenvalue weighted by molar-refractivity contribution is 9.11. The molecule has 0 spiro atoms. The van der Waals surface area contributed by atoms with Crippen LogP contribution in [-0.2, 0) is 11.3 Å². The van der Waals surface area contributed by atoms with Crippen molar-refractivity contribution >= 4 is 39.3 Å². The summed E-state index contributed by atoms with van der Waals surface area (Å²) in [6.45, 7) is 2.52. The monoisotopic (exact) mass is 348 g/mol. The van der Waals surface area contributed by atoms with Crippen LogP contribution < -0.4 is 10.6 Å². The lowest BCUT2D eigenvalue weighted by Crippen LogP contribution is -2.39. The Morgan fingerprint density at radius 1 is 1.42 bits per heavy atom. The maximum atomic E-state index is 11.5. The molecule has 1 aromatic heterocycles. The topological polar surface area (TPSA) is 78.4 Å². The molecule has 0 aromatic carbocycles. The molecule has 0 aliphatic rings. The van der Waals surface area contributed by atoms with Crippen LogP contribution in [0.3, 0.4) is 0 Å². The fourth-order valence-electron chi connectivity index (χ4n) is 1.55. The van der Waals surface area contributed by atoms with Crippen molar-refractivity contribution in [3.63, 3.8) is 0 Å². The minimum Gasteiger partial charge on any atom is -0.481 e. The third-order valence-corrected chi connectivity index (χ3v) is 4.17. The first-order valence-corrected chi connectivity index (χ1v) is 7.62. The number of carbonyl (C=O) groups excluding carboxylic acids is 1. The van der Waals surface area contributed by atoms with Crippen LogP contribution in [0.5, 0.6) is 0 Å². The van der Waals surface area contributed by atoms with E-state index in [9.17, 15) is 9.59 Å². The average Bonchev–Trinajstić information content (AvgIpc) is 2.77. The molecule has 0 radical (unpaired) electrons. The van der Waals surface area contributed by atoms with Gasteiger partial charge in [-0.25, -0.2) is 4.79 Å². The van der Waals surface area contributed by atoms with Gasteiger partial charge in [-0.2, -0.15) is 0 Å². The molecule has 3 N–H and O–H groups in total. The summed E-state index contributed by atoms with van der Waals surface area (Å²) in [6, 6.07) is 3.50. The van der Waals surface area contributed by atoms with Crippen molar-refractivity contribution in [1.29, 1.82) is 0 Å². The minimum atomic E-state index is -0.871. The standard InChI is InChI=1S/C12H17BrN2O3S/c1-2-3-8(11(16)17)6-14-12(18)15-7-9-4-5-10(13)19-9/h4-5,8H,2-3,6-7H2,1H3,(H,16,17)(H2,14,15,18). The number of amides is 2. The molecule has 0 bridgehead atoms. The molecule has 0 aliphatic heterocycles. The van der Waals surface area contributed by atoms with E-state index in [1.54, 1.807) is 11.3 Å². The van der Waals surface area contributed by atoms with Gasteiger partial charge in [0.15, 0.2) is 0 Å². The third-order valence-electron chi connectivity index (χ3n) is 2.55. The minimum absolute atomic E-state index is 0.156. The zero-order valence-corrected chi connectivity index (χ0v) is 13.0. The molecular formula is C12H17BrN2O3S. The Kier molecular flexibility index (Phi) is 6.86. The third kappa shape index (κ3) is 6.07. The maximum Gasteiger partial charge on any atom is 0.315 e. The van der Waals surface area contributed by atoms with Crippen LogP contribution in [0.1, 0.15) is 24.6 Å². The van der Waals surface area contributed by atoms with Gasteiger partial charge < -0.3 is 15.7 Å². The second kappa shape index (κ2) is 8.16. The van der Waals surface area contributed by atoms with Crippen LogP contribution in [0, 0.1) is 5.92 Å². The summed E-state index contributed by atoms with van der Waals surface area (Å²) in [5.74, 6) is -1.39. The first-order chi connectivity index (χ1) is 9.02. The lowest BCUT2D eigenvalue weighted by molar-refractivity contribution is -0.141. The van der Waals surface area contributed by atoms with E-state index in [2.05, 4.69) is 26.6 Å². The van der Waals surface area contributed by atoms with Crippen molar-refractivity contribution < 1.29 is 14.7 Å². The summed E-state index contributed by atoms with van der Waals surface area (Å²) >= 11 is 4.89. The highest BCUT2D eigenvalue weighted by atomic mass is 79.9. The van der Waals surface area contributed by atoms with Gasteiger partial charge in [0.25, 0.3) is 0 Å². The first kappa shape index (κ1) is 16.0. The summed E-state index contributed by atoms with van der Waals surface area (Å²) in [5, 5.41) is 14.2. The Labute approximate surface area is 124 Å². The van der Waals surface area contributed by atoms with Gasteiger partial charge in [-0.1, -0.05) is 13.3 Å². The van der Waals surface area contributed by atoms with E-state index in [0.29, 0.717) is 13.0 Å². The number of thiophene rings is 1. The number of carboxylic acids is 1. The van der Waals surface area contributed by atoms with Gasteiger partial charge in [0, 0.05) is 11.4 Å². The molecule has 1 heterocycles. The zero-order valence-electron chi connectivity index (χ0n) is 10.6. The van der Waals surface area contributed by atoms with Gasteiger partial charge in [-0.3, -0.25) is 4.79 Å². The molecule has 5 nitrogen and oxygen atoms in total. The normalized spacial score (nSPS) is 11.9. The molecular weight excluding hydrogens is 332 g/mol. The van der Waals surface area contributed by atoms with Gasteiger partial charge in [-0.05, 0) is 34.5 Å². The largest absolute Gasteiger partial charge is 0.481 e. The molecule has 106 valence electrons. The van der Waals surface area contributed by atoms with Gasteiger partial charge in [0.1, 0.15) is 0 Å². The van der Waals surface area contributed by atoms with Crippen molar-refractivity contribution in [2.75, 3.05) is 6.54 Å². The predicted molar refractivity (Wildman–Crippen MR) is 78.3 cm³/mol. The van der Waals surface area contributed by atoms with Crippen molar-refractivity contribution in [2.24, 2.45) is 5.92 Å². The number of hydrogen-bond acceptors (Lipinski definition) is 3. The van der Waals surface area contributed by atoms with Crippen molar-refractivity contribution in [2.45, 2.75) is 26.3 Å². The van der Waals surface area contributed by atoms with E-state index in [4.69, 9.17) is 5.11 Å². The van der Waals surface area contributed by atoms with Crippen LogP contribution in [0.15, 0.2) is 15.9 Å². The van der Waals surface area contributed by atoms with Crippen molar-refractivity contribution in [3.05, 3.63) is 20.8 Å². The fraction of sp³-hybridized carbons (Fsp3) is 0.500. The van der Waals surface area contributed by atoms with Crippen LogP contribution >= 0.6 is 27.3 Å². The highest BCUT2D eigenvalue weighted by Crippen LogP contribution is 2.21. The molecule has 7 heteroatoms. The van der Waals surface area contributed by atoms with Crippen molar-refractivity contribution in [3.8, 4) is 0 Å². The van der Waals surface area contributed by atoms with E-state index in [0.717, 1.165) is 15.1 Å². The molecule has 2 amide bonds. The van der Waals surface area contributed by atoms with Gasteiger partial charge in [-0.15, -0.1) is 11.3 Å². The Balaban J connectivity index is 2.28. The highest BCUT2D eigenvalue weighted by Gasteiger charge is 2.16. The van der Waals surface area contributed by atoms with Crippen LogP contribution in [0.4, 0.5) is 4.79 Å².